The molecule has 1 aromatic heterocycles. The van der Waals surface area contributed by atoms with Crippen molar-refractivity contribution in [3.05, 3.63) is 47.7 Å². The lowest BCUT2D eigenvalue weighted by atomic mass is 10.1. The molecule has 0 aliphatic carbocycles. The van der Waals surface area contributed by atoms with Gasteiger partial charge in [0.1, 0.15) is 5.75 Å². The lowest BCUT2D eigenvalue weighted by Gasteiger charge is -2.35. The van der Waals surface area contributed by atoms with Gasteiger partial charge in [-0.05, 0) is 43.2 Å². The maximum atomic E-state index is 12.4. The zero-order valence-corrected chi connectivity index (χ0v) is 14.8. The van der Waals surface area contributed by atoms with Gasteiger partial charge in [-0.25, -0.2) is 0 Å². The summed E-state index contributed by atoms with van der Waals surface area (Å²) in [5.41, 5.74) is 2.07. The molecule has 0 N–H and O–H groups in total. The third kappa shape index (κ3) is 4.47. The Balaban J connectivity index is 1.47. The summed E-state index contributed by atoms with van der Waals surface area (Å²) >= 11 is 0. The fourth-order valence-electron chi connectivity index (χ4n) is 2.95. The average Bonchev–Trinajstić information content (AvgIpc) is 2.67. The lowest BCUT2D eigenvalue weighted by molar-refractivity contribution is -0.131. The fourth-order valence-corrected chi connectivity index (χ4v) is 2.95. The number of anilines is 1. The van der Waals surface area contributed by atoms with E-state index in [-0.39, 0.29) is 5.91 Å². The molecule has 0 bridgehead atoms. The molecular weight excluding hydrogens is 316 g/mol. The Morgan fingerprint density at radius 3 is 2.36 bits per heavy atom. The van der Waals surface area contributed by atoms with Gasteiger partial charge in [-0.15, -0.1) is 5.10 Å². The van der Waals surface area contributed by atoms with E-state index in [0.717, 1.165) is 55.4 Å². The van der Waals surface area contributed by atoms with Gasteiger partial charge in [-0.1, -0.05) is 12.1 Å². The topological polar surface area (TPSA) is 58.6 Å². The van der Waals surface area contributed by atoms with Gasteiger partial charge in [0, 0.05) is 32.6 Å². The quantitative estimate of drug-likeness (QED) is 0.834. The molecule has 2 aromatic rings. The summed E-state index contributed by atoms with van der Waals surface area (Å²) in [5.74, 6) is 1.94. The van der Waals surface area contributed by atoms with Crippen LogP contribution in [-0.2, 0) is 11.2 Å². The normalized spacial score (nSPS) is 14.5. The van der Waals surface area contributed by atoms with E-state index in [1.807, 2.05) is 48.2 Å². The molecular formula is C19H24N4O2. The summed E-state index contributed by atoms with van der Waals surface area (Å²) in [6.45, 7) is 4.99. The van der Waals surface area contributed by atoms with Gasteiger partial charge >= 0.3 is 0 Å². The number of ether oxygens (including phenoxy) is 1. The minimum absolute atomic E-state index is 0.213. The number of amides is 1. The summed E-state index contributed by atoms with van der Waals surface area (Å²) in [4.78, 5) is 16.6. The Kier molecular flexibility index (Phi) is 5.48. The Morgan fingerprint density at radius 2 is 1.76 bits per heavy atom. The number of piperazine rings is 1. The van der Waals surface area contributed by atoms with E-state index >= 15 is 0 Å². The van der Waals surface area contributed by atoms with Crippen molar-refractivity contribution in [3.8, 4) is 5.75 Å². The number of hydrogen-bond donors (Lipinski definition) is 0. The van der Waals surface area contributed by atoms with Gasteiger partial charge in [0.2, 0.25) is 5.91 Å². The molecule has 1 saturated heterocycles. The third-order valence-corrected chi connectivity index (χ3v) is 4.53. The van der Waals surface area contributed by atoms with Crippen LogP contribution < -0.4 is 9.64 Å². The highest BCUT2D eigenvalue weighted by Gasteiger charge is 2.21. The standard InChI is InChI=1S/C19H24N4O2/c1-15-3-9-18(21-20-15)22-11-13-23(14-12-22)19(24)10-6-16-4-7-17(25-2)8-5-16/h3-5,7-9H,6,10-14H2,1-2H3. The zero-order chi connectivity index (χ0) is 17.6. The molecule has 3 rings (SSSR count). The highest BCUT2D eigenvalue weighted by molar-refractivity contribution is 5.76. The van der Waals surface area contributed by atoms with Crippen LogP contribution >= 0.6 is 0 Å². The first-order valence-corrected chi connectivity index (χ1v) is 8.61. The van der Waals surface area contributed by atoms with E-state index in [0.29, 0.717) is 6.42 Å². The van der Waals surface area contributed by atoms with Gasteiger partial charge in [0.25, 0.3) is 0 Å². The van der Waals surface area contributed by atoms with Crippen molar-refractivity contribution in [2.75, 3.05) is 38.2 Å². The molecule has 2 heterocycles. The maximum absolute atomic E-state index is 12.4. The number of benzene rings is 1. The maximum Gasteiger partial charge on any atom is 0.223 e. The smallest absolute Gasteiger partial charge is 0.223 e. The minimum atomic E-state index is 0.213. The van der Waals surface area contributed by atoms with Crippen LogP contribution in [0.5, 0.6) is 5.75 Å². The van der Waals surface area contributed by atoms with E-state index in [1.165, 1.54) is 0 Å². The van der Waals surface area contributed by atoms with Crippen molar-refractivity contribution >= 4 is 11.7 Å². The number of hydrogen-bond acceptors (Lipinski definition) is 5. The molecule has 0 unspecified atom stereocenters. The van der Waals surface area contributed by atoms with Crippen molar-refractivity contribution < 1.29 is 9.53 Å². The van der Waals surface area contributed by atoms with Crippen LogP contribution in [0, 0.1) is 6.92 Å². The molecule has 0 radical (unpaired) electrons. The first-order valence-electron chi connectivity index (χ1n) is 8.61. The van der Waals surface area contributed by atoms with Crippen molar-refractivity contribution in [1.29, 1.82) is 0 Å². The van der Waals surface area contributed by atoms with Crippen molar-refractivity contribution in [1.82, 2.24) is 15.1 Å². The molecule has 1 fully saturated rings. The third-order valence-electron chi connectivity index (χ3n) is 4.53. The van der Waals surface area contributed by atoms with E-state index < -0.39 is 0 Å². The minimum Gasteiger partial charge on any atom is -0.497 e. The summed E-state index contributed by atoms with van der Waals surface area (Å²) in [6, 6.07) is 11.8. The monoisotopic (exact) mass is 340 g/mol. The van der Waals surface area contributed by atoms with Crippen LogP contribution in [0.15, 0.2) is 36.4 Å². The van der Waals surface area contributed by atoms with Crippen LogP contribution in [0.2, 0.25) is 0 Å². The molecule has 0 saturated carbocycles. The summed E-state index contributed by atoms with van der Waals surface area (Å²) in [7, 11) is 1.65. The molecule has 1 amide bonds. The lowest BCUT2D eigenvalue weighted by Crippen LogP contribution is -2.49. The number of aromatic nitrogens is 2. The van der Waals surface area contributed by atoms with Gasteiger partial charge in [0.05, 0.1) is 12.8 Å². The Hall–Kier alpha value is -2.63. The van der Waals surface area contributed by atoms with Crippen LogP contribution in [-0.4, -0.2) is 54.3 Å². The first-order chi connectivity index (χ1) is 12.2. The number of nitrogens with zero attached hydrogens (tertiary/aromatic N) is 4. The number of methoxy groups -OCH3 is 1. The summed E-state index contributed by atoms with van der Waals surface area (Å²) in [6.07, 6.45) is 1.29. The average molecular weight is 340 g/mol. The number of carbonyl (C=O) groups excluding carboxylic acids is 1. The molecule has 0 spiro atoms. The summed E-state index contributed by atoms with van der Waals surface area (Å²) in [5, 5.41) is 8.33. The molecule has 1 aliphatic heterocycles. The van der Waals surface area contributed by atoms with Gasteiger partial charge < -0.3 is 14.5 Å². The zero-order valence-electron chi connectivity index (χ0n) is 14.8. The first kappa shape index (κ1) is 17.2. The number of rotatable bonds is 5. The second-order valence-corrected chi connectivity index (χ2v) is 6.25. The van der Waals surface area contributed by atoms with Gasteiger partial charge in [-0.2, -0.15) is 5.10 Å². The largest absolute Gasteiger partial charge is 0.497 e. The Morgan fingerprint density at radius 1 is 1.04 bits per heavy atom. The SMILES string of the molecule is COc1ccc(CCC(=O)N2CCN(c3ccc(C)nn3)CC2)cc1. The number of aryl methyl sites for hydroxylation is 2. The van der Waals surface area contributed by atoms with E-state index in [9.17, 15) is 4.79 Å². The molecule has 6 nitrogen and oxygen atoms in total. The molecule has 25 heavy (non-hydrogen) atoms. The van der Waals surface area contributed by atoms with E-state index in [1.54, 1.807) is 7.11 Å². The van der Waals surface area contributed by atoms with E-state index in [4.69, 9.17) is 4.74 Å². The molecule has 6 heteroatoms. The van der Waals surface area contributed by atoms with Crippen molar-refractivity contribution in [2.24, 2.45) is 0 Å². The van der Waals surface area contributed by atoms with Gasteiger partial charge in [-0.3, -0.25) is 4.79 Å². The summed E-state index contributed by atoms with van der Waals surface area (Å²) < 4.78 is 5.15. The van der Waals surface area contributed by atoms with E-state index in [2.05, 4.69) is 15.1 Å². The predicted octanol–water partition coefficient (Wildman–Crippen LogP) is 2.08. The van der Waals surface area contributed by atoms with Gasteiger partial charge in [0.15, 0.2) is 5.82 Å². The second kappa shape index (κ2) is 7.96. The molecule has 132 valence electrons. The molecule has 1 aliphatic rings. The van der Waals surface area contributed by atoms with Crippen LogP contribution in [0.1, 0.15) is 17.7 Å². The van der Waals surface area contributed by atoms with Crippen LogP contribution in [0.3, 0.4) is 0 Å². The fraction of sp³-hybridized carbons (Fsp3) is 0.421. The predicted molar refractivity (Wildman–Crippen MR) is 96.9 cm³/mol. The van der Waals surface area contributed by atoms with Crippen molar-refractivity contribution in [3.63, 3.8) is 0 Å². The Bertz CT molecular complexity index is 692. The van der Waals surface area contributed by atoms with Crippen LogP contribution in [0.4, 0.5) is 5.82 Å². The molecule has 0 atom stereocenters. The highest BCUT2D eigenvalue weighted by Crippen LogP contribution is 2.15. The highest BCUT2D eigenvalue weighted by atomic mass is 16.5. The Labute approximate surface area is 148 Å². The molecule has 1 aromatic carbocycles. The van der Waals surface area contributed by atoms with Crippen LogP contribution in [0.25, 0.3) is 0 Å². The van der Waals surface area contributed by atoms with Crippen molar-refractivity contribution in [2.45, 2.75) is 19.8 Å². The number of carbonyl (C=O) groups is 1. The second-order valence-electron chi connectivity index (χ2n) is 6.25.